The number of rotatable bonds is 0. The summed E-state index contributed by atoms with van der Waals surface area (Å²) < 4.78 is 0. The van der Waals surface area contributed by atoms with Crippen LogP contribution in [0.5, 0.6) is 0 Å². The Kier molecular flexibility index (Phi) is 5.87. The van der Waals surface area contributed by atoms with E-state index in [1.807, 2.05) is 6.08 Å². The van der Waals surface area contributed by atoms with E-state index in [0.29, 0.717) is 0 Å². The summed E-state index contributed by atoms with van der Waals surface area (Å²) in [5.74, 6) is 0. The van der Waals surface area contributed by atoms with Gasteiger partial charge in [0.2, 0.25) is 0 Å². The maximum atomic E-state index is 3.19. The average molecular weight is 173 g/mol. The summed E-state index contributed by atoms with van der Waals surface area (Å²) in [7, 11) is 0. The van der Waals surface area contributed by atoms with Crippen LogP contribution in [0.1, 0.15) is 32.1 Å². The third-order valence-electron chi connectivity index (χ3n) is 1.96. The Hall–Kier alpha value is -1.04. The van der Waals surface area contributed by atoms with E-state index in [2.05, 4.69) is 42.5 Å². The summed E-state index contributed by atoms with van der Waals surface area (Å²) in [5, 5.41) is 0. The van der Waals surface area contributed by atoms with E-state index in [-0.39, 0.29) is 0 Å². The molecule has 0 nitrogen and oxygen atoms in total. The smallest absolute Gasteiger partial charge is 0.00915 e. The van der Waals surface area contributed by atoms with Gasteiger partial charge < -0.3 is 0 Å². The topological polar surface area (TPSA) is 0 Å². The fourth-order valence-electron chi connectivity index (χ4n) is 1.21. The Morgan fingerprint density at radius 2 is 1.46 bits per heavy atom. The fraction of sp³-hybridized carbons (Fsp3) is 0.385. The van der Waals surface area contributed by atoms with Crippen molar-refractivity contribution in [2.24, 2.45) is 0 Å². The van der Waals surface area contributed by atoms with Crippen LogP contribution in [0.15, 0.2) is 42.5 Å². The van der Waals surface area contributed by atoms with Gasteiger partial charge in [-0.3, -0.25) is 0 Å². The summed E-state index contributed by atoms with van der Waals surface area (Å²) in [6.45, 7) is 0. The Balaban J connectivity index is 2.38. The summed E-state index contributed by atoms with van der Waals surface area (Å²) in [6.07, 6.45) is 24.0. The molecule has 0 aromatic carbocycles. The number of hydrogen-bond donors (Lipinski definition) is 0. The molecule has 0 aromatic rings. The van der Waals surface area contributed by atoms with Crippen molar-refractivity contribution in [2.75, 3.05) is 0 Å². The molecule has 1 aliphatic carbocycles. The lowest BCUT2D eigenvalue weighted by Crippen LogP contribution is -1.71. The predicted molar refractivity (Wildman–Crippen MR) is 58.3 cm³/mol. The van der Waals surface area contributed by atoms with Crippen molar-refractivity contribution in [3.63, 3.8) is 0 Å². The second-order valence-electron chi connectivity index (χ2n) is 3.14. The third-order valence-corrected chi connectivity index (χ3v) is 1.96. The summed E-state index contributed by atoms with van der Waals surface area (Å²) in [6, 6.07) is 0. The molecule has 0 unspecified atom stereocenters. The van der Waals surface area contributed by atoms with E-state index in [1.165, 1.54) is 25.7 Å². The molecule has 1 radical (unpaired) electrons. The van der Waals surface area contributed by atoms with Crippen molar-refractivity contribution in [1.29, 1.82) is 0 Å². The van der Waals surface area contributed by atoms with Gasteiger partial charge in [-0.25, -0.2) is 0 Å². The highest BCUT2D eigenvalue weighted by atomic mass is 13.9. The zero-order valence-corrected chi connectivity index (χ0v) is 8.08. The minimum absolute atomic E-state index is 0.911. The van der Waals surface area contributed by atoms with Gasteiger partial charge in [0.25, 0.3) is 0 Å². The first-order valence-electron chi connectivity index (χ1n) is 5.03. The highest BCUT2D eigenvalue weighted by Crippen LogP contribution is 2.02. The van der Waals surface area contributed by atoms with Gasteiger partial charge in [-0.1, -0.05) is 42.5 Å². The van der Waals surface area contributed by atoms with Crippen LogP contribution in [-0.4, -0.2) is 0 Å². The molecule has 0 aliphatic heterocycles. The van der Waals surface area contributed by atoms with Gasteiger partial charge in [0, 0.05) is 0 Å². The molecule has 13 heavy (non-hydrogen) atoms. The lowest BCUT2D eigenvalue weighted by molar-refractivity contribution is 0.762. The molecule has 0 fully saturated rings. The third kappa shape index (κ3) is 6.15. The molecular weight excluding hydrogens is 156 g/mol. The maximum Gasteiger partial charge on any atom is -0.00915 e. The van der Waals surface area contributed by atoms with Gasteiger partial charge >= 0.3 is 0 Å². The second kappa shape index (κ2) is 7.60. The summed E-state index contributed by atoms with van der Waals surface area (Å²) >= 11 is 0. The molecule has 0 aromatic heterocycles. The van der Waals surface area contributed by atoms with Crippen LogP contribution in [0.4, 0.5) is 0 Å². The molecule has 0 heterocycles. The Bertz CT molecular complexity index is 192. The largest absolute Gasteiger partial charge is 0.0845 e. The molecule has 0 N–H and O–H groups in total. The van der Waals surface area contributed by atoms with E-state index in [1.54, 1.807) is 0 Å². The maximum absolute atomic E-state index is 3.19. The van der Waals surface area contributed by atoms with E-state index < -0.39 is 0 Å². The Morgan fingerprint density at radius 3 is 2.31 bits per heavy atom. The molecule has 1 rings (SSSR count). The first kappa shape index (κ1) is 10.0. The molecule has 0 bridgehead atoms. The zero-order valence-electron chi connectivity index (χ0n) is 8.08. The molecule has 69 valence electrons. The minimum Gasteiger partial charge on any atom is -0.0845 e. The molecule has 0 amide bonds. The highest BCUT2D eigenvalue weighted by molar-refractivity contribution is 5.06. The van der Waals surface area contributed by atoms with E-state index >= 15 is 0 Å². The van der Waals surface area contributed by atoms with Crippen LogP contribution in [-0.2, 0) is 0 Å². The molecule has 0 atom stereocenters. The van der Waals surface area contributed by atoms with Gasteiger partial charge in [0.05, 0.1) is 0 Å². The van der Waals surface area contributed by atoms with Crippen LogP contribution in [0.3, 0.4) is 0 Å². The summed E-state index contributed by atoms with van der Waals surface area (Å²) in [5.41, 5.74) is 0. The molecule has 1 aliphatic rings. The molecule has 0 saturated heterocycles. The first-order chi connectivity index (χ1) is 6.50. The lowest BCUT2D eigenvalue weighted by atomic mass is 10.2. The van der Waals surface area contributed by atoms with Gasteiger partial charge in [0.1, 0.15) is 0 Å². The van der Waals surface area contributed by atoms with Crippen molar-refractivity contribution < 1.29 is 0 Å². The van der Waals surface area contributed by atoms with Crippen molar-refractivity contribution in [3.05, 3.63) is 48.6 Å². The zero-order chi connectivity index (χ0) is 9.19. The lowest BCUT2D eigenvalue weighted by Gasteiger charge is -1.91. The predicted octanol–water partition coefficient (Wildman–Crippen LogP) is 3.98. The van der Waals surface area contributed by atoms with Crippen LogP contribution in [0, 0.1) is 6.08 Å². The van der Waals surface area contributed by atoms with Gasteiger partial charge in [-0.15, -0.1) is 0 Å². The van der Waals surface area contributed by atoms with E-state index in [0.717, 1.165) is 6.42 Å². The summed E-state index contributed by atoms with van der Waals surface area (Å²) in [4.78, 5) is 0. The van der Waals surface area contributed by atoms with Crippen molar-refractivity contribution >= 4 is 0 Å². The monoisotopic (exact) mass is 173 g/mol. The standard InChI is InChI=1S/C13H17/c1-2-4-6-8-10-12-13-11-9-7-5-3-1/h1-4,10,12-13H,5-7,9,11H2/b3-1-,4-2+,10-8?,13-12-. The van der Waals surface area contributed by atoms with Crippen LogP contribution in [0.2, 0.25) is 0 Å². The van der Waals surface area contributed by atoms with Crippen molar-refractivity contribution in [1.82, 2.24) is 0 Å². The Morgan fingerprint density at radius 1 is 0.769 bits per heavy atom. The van der Waals surface area contributed by atoms with Crippen LogP contribution in [0.25, 0.3) is 0 Å². The molecule has 0 spiro atoms. The minimum atomic E-state index is 0.911. The van der Waals surface area contributed by atoms with E-state index in [9.17, 15) is 0 Å². The quantitative estimate of drug-likeness (QED) is 0.520. The SMILES string of the molecule is [C]1=C/C=C\CCCC/C=C\C=C\C/1. The number of hydrogen-bond acceptors (Lipinski definition) is 0. The van der Waals surface area contributed by atoms with Crippen LogP contribution < -0.4 is 0 Å². The van der Waals surface area contributed by atoms with Gasteiger partial charge in [-0.05, 0) is 38.2 Å². The Labute approximate surface area is 81.4 Å². The molecular formula is C13H17. The molecule has 0 saturated carbocycles. The van der Waals surface area contributed by atoms with Crippen molar-refractivity contribution in [3.8, 4) is 0 Å². The number of allylic oxidation sites excluding steroid dienone is 8. The second-order valence-corrected chi connectivity index (χ2v) is 3.14. The first-order valence-corrected chi connectivity index (χ1v) is 5.03. The van der Waals surface area contributed by atoms with Crippen molar-refractivity contribution in [2.45, 2.75) is 32.1 Å². The van der Waals surface area contributed by atoms with Gasteiger partial charge in [0.15, 0.2) is 0 Å². The highest BCUT2D eigenvalue weighted by Gasteiger charge is 1.82. The average Bonchev–Trinajstić information content (AvgIpc) is 2.18. The van der Waals surface area contributed by atoms with Crippen LogP contribution >= 0.6 is 0 Å². The molecule has 0 heteroatoms. The fourth-order valence-corrected chi connectivity index (χ4v) is 1.21. The normalized spacial score (nSPS) is 28.9. The van der Waals surface area contributed by atoms with Gasteiger partial charge in [-0.2, -0.15) is 0 Å². The van der Waals surface area contributed by atoms with E-state index in [4.69, 9.17) is 0 Å².